The third-order valence-electron chi connectivity index (χ3n) is 17.2. The van der Waals surface area contributed by atoms with Crippen LogP contribution >= 0.6 is 0 Å². The maximum atomic E-state index is 13.0. The molecule has 0 amide bonds. The molecule has 10 fully saturated rings. The molecule has 1 spiro atoms. The van der Waals surface area contributed by atoms with Gasteiger partial charge in [-0.1, -0.05) is 0 Å². The summed E-state index contributed by atoms with van der Waals surface area (Å²) < 4.78 is 6.36. The Morgan fingerprint density at radius 2 is 1.69 bits per heavy atom. The molecule has 0 radical (unpaired) electrons. The van der Waals surface area contributed by atoms with Crippen LogP contribution in [0.15, 0.2) is 24.0 Å². The van der Waals surface area contributed by atoms with E-state index in [1.165, 1.54) is 45.8 Å². The molecule has 5 nitrogen and oxygen atoms in total. The van der Waals surface area contributed by atoms with Gasteiger partial charge in [0.1, 0.15) is 0 Å². The number of Topliss-reactive ketones (excluding diaryl/α,β-unsaturated/α-hetero) is 1. The summed E-state index contributed by atoms with van der Waals surface area (Å²) in [5.74, 6) is -1.00. The summed E-state index contributed by atoms with van der Waals surface area (Å²) in [6, 6.07) is 2.56. The van der Waals surface area contributed by atoms with Crippen molar-refractivity contribution in [2.45, 2.75) is 47.7 Å². The number of ether oxygens (including phenoxy) is 1. The first kappa shape index (κ1) is 10.5. The fourth-order valence-corrected chi connectivity index (χ4v) is 92.0. The van der Waals surface area contributed by atoms with Crippen LogP contribution in [0.5, 0.6) is 11.5 Å². The second-order valence-corrected chi connectivity index (χ2v) is 36.4. The Kier molecular flexibility index (Phi) is 0.453. The third-order valence-corrected chi connectivity index (χ3v) is 59.6. The second-order valence-electron chi connectivity index (χ2n) is 12.8. The van der Waals surface area contributed by atoms with Gasteiger partial charge in [-0.05, 0) is 0 Å². The van der Waals surface area contributed by atoms with Crippen molar-refractivity contribution in [1.82, 2.24) is 0 Å². The number of allylic oxidation sites excluding steroid dienone is 2. The Morgan fingerprint density at radius 1 is 1.08 bits per heavy atom. The van der Waals surface area contributed by atoms with Gasteiger partial charge in [-0.25, -0.2) is 0 Å². The van der Waals surface area contributed by atoms with Crippen molar-refractivity contribution in [3.8, 4) is 11.5 Å². The molecule has 132 valence electrons. The molecule has 0 saturated carbocycles. The van der Waals surface area contributed by atoms with Crippen molar-refractivity contribution in [3.63, 3.8) is 0 Å². The molecule has 11 heterocycles. The minimum absolute atomic E-state index is 0.182. The number of phenols is 1. The van der Waals surface area contributed by atoms with Crippen molar-refractivity contribution in [2.24, 2.45) is 0 Å². The van der Waals surface area contributed by atoms with Crippen LogP contribution in [0.3, 0.4) is 0 Å². The first-order chi connectivity index (χ1) is 12.2. The number of carbonyl (C=O) groups is 2. The van der Waals surface area contributed by atoms with Crippen LogP contribution in [0.2, 0.25) is 47.7 Å². The quantitative estimate of drug-likeness (QED) is 0.581. The molecule has 26 heavy (non-hydrogen) atoms. The minimum atomic E-state index is -3.30. The SMILES string of the molecule is O=C(O)c1cc2c(cc1O)OC(=C[C]13[CH]4[CH]5[CH]6[CH]1[Fe]56431789[CH]3[CH]1[CH]7[CH]8[CH]39)C2=O. The Balaban J connectivity index is 1.13. The normalized spacial score (nSPS) is 85.3. The molecule has 4 unspecified atom stereocenters. The number of ketones is 1. The molecule has 11 aliphatic rings. The zero-order chi connectivity index (χ0) is 16.9. The standard InChI is InChI=1S/C15H9O5.C5H5.Fe/c16-11-7-12-10(6-9(11)15(18)19)14(17)13(20-12)5-8-3-1-2-4-8;1-2-4-5-3-1;/h1-7,16H,(H,18,19);1-5H;. The average molecular weight is 390 g/mol. The number of fused-ring (bicyclic) bond motifs is 11. The van der Waals surface area contributed by atoms with E-state index in [2.05, 4.69) is 6.08 Å². The number of aromatic hydroxyl groups is 1. The van der Waals surface area contributed by atoms with Gasteiger partial charge in [0.05, 0.1) is 0 Å². The van der Waals surface area contributed by atoms with Gasteiger partial charge < -0.3 is 0 Å². The summed E-state index contributed by atoms with van der Waals surface area (Å²) in [6.45, 7) is -3.30. The summed E-state index contributed by atoms with van der Waals surface area (Å²) in [4.78, 5) is 34.6. The molecule has 2 N–H and O–H groups in total. The monoisotopic (exact) mass is 390 g/mol. The summed E-state index contributed by atoms with van der Waals surface area (Å²) in [6.07, 6.45) is 2.30. The number of hydrogen-bond acceptors (Lipinski definition) is 4. The number of aromatic carboxylic acids is 1. The predicted octanol–water partition coefficient (Wildman–Crippen LogP) is 4.31. The fourth-order valence-electron chi connectivity index (χ4n) is 18.3. The van der Waals surface area contributed by atoms with Gasteiger partial charge in [-0.3, -0.25) is 0 Å². The molecule has 0 bridgehead atoms. The topological polar surface area (TPSA) is 83.8 Å². The number of benzene rings is 1. The van der Waals surface area contributed by atoms with Gasteiger partial charge in [-0.15, -0.1) is 0 Å². The van der Waals surface area contributed by atoms with E-state index >= 15 is 0 Å². The van der Waals surface area contributed by atoms with Crippen LogP contribution in [0.1, 0.15) is 20.7 Å². The number of hydrogen-bond donors (Lipinski definition) is 2. The molecule has 6 heteroatoms. The summed E-state index contributed by atoms with van der Waals surface area (Å²) in [5, 5.41) is 19.1. The summed E-state index contributed by atoms with van der Waals surface area (Å²) >= 11 is 0. The first-order valence-corrected chi connectivity index (χ1v) is 15.8. The molecule has 1 aromatic carbocycles. The number of carboxylic acids is 1. The van der Waals surface area contributed by atoms with Gasteiger partial charge in [0.15, 0.2) is 0 Å². The third kappa shape index (κ3) is 0.162. The van der Waals surface area contributed by atoms with Gasteiger partial charge in [0.25, 0.3) is 0 Å². The Hall–Kier alpha value is -1.78. The fraction of sp³-hybridized carbons (Fsp3) is 0.500. The van der Waals surface area contributed by atoms with Crippen molar-refractivity contribution >= 4 is 11.8 Å². The maximum absolute atomic E-state index is 13.0. The van der Waals surface area contributed by atoms with E-state index in [1.54, 1.807) is 0 Å². The van der Waals surface area contributed by atoms with Gasteiger partial charge in [0.2, 0.25) is 0 Å². The van der Waals surface area contributed by atoms with E-state index in [4.69, 9.17) is 4.74 Å². The molecular formula is C20H14FeO5. The van der Waals surface area contributed by atoms with E-state index in [0.29, 0.717) is 15.8 Å². The van der Waals surface area contributed by atoms with Crippen LogP contribution in [0.25, 0.3) is 0 Å². The first-order valence-electron chi connectivity index (χ1n) is 9.50. The molecular weight excluding hydrogens is 376 g/mol. The zero-order valence-corrected chi connectivity index (χ0v) is 14.5. The molecule has 1 aromatic rings. The number of carbonyl (C=O) groups excluding carboxylic acids is 1. The van der Waals surface area contributed by atoms with Crippen molar-refractivity contribution < 1.29 is 31.0 Å². The molecule has 10 saturated heterocycles. The van der Waals surface area contributed by atoms with Gasteiger partial charge in [-0.2, -0.15) is 0 Å². The molecule has 0 aromatic heterocycles. The number of carboxylic acid groups (broad SMARTS) is 1. The van der Waals surface area contributed by atoms with E-state index < -0.39 is 12.5 Å². The van der Waals surface area contributed by atoms with E-state index in [9.17, 15) is 19.8 Å². The Morgan fingerprint density at radius 3 is 2.15 bits per heavy atom. The van der Waals surface area contributed by atoms with Crippen LogP contribution < -0.4 is 4.74 Å². The van der Waals surface area contributed by atoms with E-state index in [-0.39, 0.29) is 22.7 Å². The van der Waals surface area contributed by atoms with Crippen LogP contribution in [0.4, 0.5) is 0 Å². The molecule has 12 rings (SSSR count). The average Bonchev–Trinajstić information content (AvgIpc) is 3.50. The van der Waals surface area contributed by atoms with Gasteiger partial charge in [0, 0.05) is 0 Å². The summed E-state index contributed by atoms with van der Waals surface area (Å²) in [5.41, 5.74) is 0.0538. The molecule has 11 aliphatic heterocycles. The predicted molar refractivity (Wildman–Crippen MR) is 84.6 cm³/mol. The van der Waals surface area contributed by atoms with E-state index in [1.807, 2.05) is 0 Å². The Labute approximate surface area is 137 Å². The van der Waals surface area contributed by atoms with Crippen molar-refractivity contribution in [3.05, 3.63) is 35.1 Å². The number of rotatable bonds is 2. The van der Waals surface area contributed by atoms with Crippen LogP contribution in [-0.4, -0.2) is 22.0 Å². The molecule has 0 aliphatic carbocycles. The van der Waals surface area contributed by atoms with Crippen molar-refractivity contribution in [2.75, 3.05) is 0 Å². The molecule has 4 atom stereocenters. The van der Waals surface area contributed by atoms with E-state index in [0.717, 1.165) is 9.63 Å². The zero-order valence-electron chi connectivity index (χ0n) is 13.4. The Bertz CT molecular complexity index is 1530. The van der Waals surface area contributed by atoms with Gasteiger partial charge >= 0.3 is 137 Å². The second kappa shape index (κ2) is 1.12. The van der Waals surface area contributed by atoms with Crippen LogP contribution in [0, 0.1) is 0 Å². The van der Waals surface area contributed by atoms with Crippen molar-refractivity contribution in [1.29, 1.82) is 0 Å². The summed E-state index contributed by atoms with van der Waals surface area (Å²) in [7, 11) is 0. The van der Waals surface area contributed by atoms with Crippen LogP contribution in [-0.2, 0) is 6.51 Å².